The lowest BCUT2D eigenvalue weighted by molar-refractivity contribution is -0.199. The van der Waals surface area contributed by atoms with Crippen LogP contribution in [-0.4, -0.2) is 44.8 Å². The van der Waals surface area contributed by atoms with Crippen LogP contribution in [0.3, 0.4) is 0 Å². The first-order valence-corrected chi connectivity index (χ1v) is 7.69. The summed E-state index contributed by atoms with van der Waals surface area (Å²) in [7, 11) is 0. The Labute approximate surface area is 117 Å². The van der Waals surface area contributed by atoms with Crippen LogP contribution in [0.15, 0.2) is 0 Å². The molecule has 0 amide bonds. The maximum absolute atomic E-state index is 5.92. The Morgan fingerprint density at radius 2 is 1.95 bits per heavy atom. The van der Waals surface area contributed by atoms with Crippen molar-refractivity contribution in [2.24, 2.45) is 11.3 Å². The average Bonchev–Trinajstić information content (AvgIpc) is 2.39. The van der Waals surface area contributed by atoms with Crippen molar-refractivity contribution in [2.45, 2.75) is 59.0 Å². The van der Waals surface area contributed by atoms with Crippen LogP contribution in [0.25, 0.3) is 0 Å². The molecular weight excluding hydrogens is 242 g/mol. The van der Waals surface area contributed by atoms with Gasteiger partial charge in [-0.3, -0.25) is 0 Å². The van der Waals surface area contributed by atoms with E-state index in [0.29, 0.717) is 31.3 Å². The molecule has 3 atom stereocenters. The number of fused-ring (bicyclic) bond motifs is 1. The second-order valence-corrected chi connectivity index (χ2v) is 6.15. The molecule has 0 spiro atoms. The Balaban J connectivity index is 1.84. The van der Waals surface area contributed by atoms with E-state index in [2.05, 4.69) is 19.2 Å². The zero-order valence-corrected chi connectivity index (χ0v) is 12.8. The van der Waals surface area contributed by atoms with E-state index in [1.165, 1.54) is 12.8 Å². The Hall–Kier alpha value is -0.160. The first-order valence-electron chi connectivity index (χ1n) is 7.69. The van der Waals surface area contributed by atoms with Crippen molar-refractivity contribution in [3.8, 4) is 0 Å². The fourth-order valence-corrected chi connectivity index (χ4v) is 3.70. The fourth-order valence-electron chi connectivity index (χ4n) is 3.70. The molecule has 1 N–H and O–H groups in total. The van der Waals surface area contributed by atoms with Crippen LogP contribution in [0.2, 0.25) is 0 Å². The van der Waals surface area contributed by atoms with E-state index in [9.17, 15) is 0 Å². The van der Waals surface area contributed by atoms with Crippen LogP contribution in [0.4, 0.5) is 0 Å². The van der Waals surface area contributed by atoms with E-state index in [-0.39, 0.29) is 11.7 Å². The molecule has 1 saturated carbocycles. The molecule has 2 fully saturated rings. The number of hydrogen-bond donors (Lipinski definition) is 1. The molecule has 0 bridgehead atoms. The number of nitrogens with one attached hydrogen (secondary N) is 1. The lowest BCUT2D eigenvalue weighted by Crippen LogP contribution is -2.69. The van der Waals surface area contributed by atoms with Gasteiger partial charge in [-0.1, -0.05) is 13.8 Å². The van der Waals surface area contributed by atoms with E-state index < -0.39 is 0 Å². The van der Waals surface area contributed by atoms with Crippen molar-refractivity contribution >= 4 is 0 Å². The average molecular weight is 271 g/mol. The molecule has 112 valence electrons. The molecule has 3 unspecified atom stereocenters. The van der Waals surface area contributed by atoms with Crippen LogP contribution in [0.5, 0.6) is 0 Å². The Morgan fingerprint density at radius 3 is 2.58 bits per heavy atom. The SMILES string of the molecule is CCOC(CNC1C2CCCOC2C1(C)C)OCC. The van der Waals surface area contributed by atoms with Gasteiger partial charge < -0.3 is 19.5 Å². The second-order valence-electron chi connectivity index (χ2n) is 6.15. The topological polar surface area (TPSA) is 39.7 Å². The van der Waals surface area contributed by atoms with Crippen molar-refractivity contribution in [1.82, 2.24) is 5.32 Å². The molecular formula is C15H29NO3. The smallest absolute Gasteiger partial charge is 0.169 e. The van der Waals surface area contributed by atoms with Crippen molar-refractivity contribution in [1.29, 1.82) is 0 Å². The summed E-state index contributed by atoms with van der Waals surface area (Å²) >= 11 is 0. The molecule has 1 heterocycles. The summed E-state index contributed by atoms with van der Waals surface area (Å²) in [4.78, 5) is 0. The van der Waals surface area contributed by atoms with Gasteiger partial charge in [-0.2, -0.15) is 0 Å². The molecule has 19 heavy (non-hydrogen) atoms. The summed E-state index contributed by atoms with van der Waals surface area (Å²) in [6, 6.07) is 0.515. The quantitative estimate of drug-likeness (QED) is 0.721. The van der Waals surface area contributed by atoms with Gasteiger partial charge in [-0.05, 0) is 26.7 Å². The van der Waals surface area contributed by atoms with E-state index in [1.54, 1.807) is 0 Å². The van der Waals surface area contributed by atoms with E-state index in [0.717, 1.165) is 13.2 Å². The third kappa shape index (κ3) is 3.13. The van der Waals surface area contributed by atoms with Crippen LogP contribution < -0.4 is 5.32 Å². The number of hydrogen-bond acceptors (Lipinski definition) is 4. The number of rotatable bonds is 7. The van der Waals surface area contributed by atoms with Gasteiger partial charge in [0.2, 0.25) is 0 Å². The summed E-state index contributed by atoms with van der Waals surface area (Å²) in [6.07, 6.45) is 2.76. The Morgan fingerprint density at radius 1 is 1.26 bits per heavy atom. The normalized spacial score (nSPS) is 33.0. The van der Waals surface area contributed by atoms with Gasteiger partial charge in [-0.15, -0.1) is 0 Å². The van der Waals surface area contributed by atoms with Gasteiger partial charge in [0.15, 0.2) is 6.29 Å². The zero-order chi connectivity index (χ0) is 13.9. The van der Waals surface area contributed by atoms with E-state index in [1.807, 2.05) is 13.8 Å². The standard InChI is InChI=1S/C15H29NO3/c1-5-17-12(18-6-2)10-16-13-11-8-7-9-19-14(11)15(13,3)4/h11-14,16H,5-10H2,1-4H3. The van der Waals surface area contributed by atoms with Crippen LogP contribution in [0.1, 0.15) is 40.5 Å². The monoisotopic (exact) mass is 271 g/mol. The summed E-state index contributed by atoms with van der Waals surface area (Å²) in [5, 5.41) is 3.65. The van der Waals surface area contributed by atoms with Crippen LogP contribution in [-0.2, 0) is 14.2 Å². The third-order valence-electron chi connectivity index (χ3n) is 4.54. The van der Waals surface area contributed by atoms with Crippen molar-refractivity contribution in [3.63, 3.8) is 0 Å². The fraction of sp³-hybridized carbons (Fsp3) is 1.00. The highest BCUT2D eigenvalue weighted by molar-refractivity contribution is 5.10. The molecule has 1 aliphatic heterocycles. The molecule has 1 aliphatic carbocycles. The maximum atomic E-state index is 5.92. The predicted molar refractivity (Wildman–Crippen MR) is 75.1 cm³/mol. The van der Waals surface area contributed by atoms with Gasteiger partial charge in [0.25, 0.3) is 0 Å². The minimum absolute atomic E-state index is 0.130. The maximum Gasteiger partial charge on any atom is 0.169 e. The molecule has 2 rings (SSSR count). The summed E-state index contributed by atoms with van der Waals surface area (Å²) < 4.78 is 17.1. The first kappa shape index (κ1) is 15.2. The highest BCUT2D eigenvalue weighted by Gasteiger charge is 2.57. The Kier molecular flexibility index (Phi) is 5.23. The molecule has 4 heteroatoms. The summed E-state index contributed by atoms with van der Waals surface area (Å²) in [5.41, 5.74) is 0.216. The molecule has 4 nitrogen and oxygen atoms in total. The minimum Gasteiger partial charge on any atom is -0.377 e. The Bertz CT molecular complexity index is 277. The van der Waals surface area contributed by atoms with Crippen molar-refractivity contribution < 1.29 is 14.2 Å². The highest BCUT2D eigenvalue weighted by Crippen LogP contribution is 2.51. The van der Waals surface area contributed by atoms with Crippen LogP contribution in [0, 0.1) is 11.3 Å². The molecule has 0 aromatic heterocycles. The largest absolute Gasteiger partial charge is 0.377 e. The van der Waals surface area contributed by atoms with Gasteiger partial charge in [-0.25, -0.2) is 0 Å². The predicted octanol–water partition coefficient (Wildman–Crippen LogP) is 2.18. The summed E-state index contributed by atoms with van der Waals surface area (Å²) in [6.45, 7) is 11.7. The lowest BCUT2D eigenvalue weighted by Gasteiger charge is -2.60. The van der Waals surface area contributed by atoms with Crippen molar-refractivity contribution in [2.75, 3.05) is 26.4 Å². The molecule has 0 aromatic rings. The van der Waals surface area contributed by atoms with Gasteiger partial charge >= 0.3 is 0 Å². The van der Waals surface area contributed by atoms with Crippen molar-refractivity contribution in [3.05, 3.63) is 0 Å². The van der Waals surface area contributed by atoms with Gasteiger partial charge in [0.05, 0.1) is 6.10 Å². The van der Waals surface area contributed by atoms with E-state index in [4.69, 9.17) is 14.2 Å². The van der Waals surface area contributed by atoms with Gasteiger partial charge in [0, 0.05) is 43.7 Å². The van der Waals surface area contributed by atoms with E-state index >= 15 is 0 Å². The molecule has 0 radical (unpaired) electrons. The summed E-state index contributed by atoms with van der Waals surface area (Å²) in [5.74, 6) is 0.660. The molecule has 0 aromatic carbocycles. The zero-order valence-electron chi connectivity index (χ0n) is 12.8. The number of ether oxygens (including phenoxy) is 3. The lowest BCUT2D eigenvalue weighted by atomic mass is 9.55. The van der Waals surface area contributed by atoms with Gasteiger partial charge in [0.1, 0.15) is 0 Å². The second kappa shape index (κ2) is 6.53. The first-order chi connectivity index (χ1) is 9.11. The molecule has 1 saturated heterocycles. The van der Waals surface area contributed by atoms with Crippen LogP contribution >= 0.6 is 0 Å². The molecule has 2 aliphatic rings. The minimum atomic E-state index is -0.130. The third-order valence-corrected chi connectivity index (χ3v) is 4.54. The highest BCUT2D eigenvalue weighted by atomic mass is 16.7.